The van der Waals surface area contributed by atoms with Gasteiger partial charge in [-0.1, -0.05) is 53.7 Å². The monoisotopic (exact) mass is 366 g/mol. The first kappa shape index (κ1) is 18.4. The Bertz CT molecular complexity index is 1010. The third kappa shape index (κ3) is 3.58. The lowest BCUT2D eigenvalue weighted by atomic mass is 10.1. The van der Waals surface area contributed by atoms with Crippen molar-refractivity contribution in [1.82, 2.24) is 9.55 Å². The van der Waals surface area contributed by atoms with Crippen molar-refractivity contribution in [3.8, 4) is 0 Å². The van der Waals surface area contributed by atoms with E-state index < -0.39 is 0 Å². The minimum atomic E-state index is -0.337. The van der Waals surface area contributed by atoms with E-state index in [1.165, 1.54) is 11.8 Å². The maximum Gasteiger partial charge on any atom is 0.262 e. The molecule has 0 aliphatic carbocycles. The number of hydrogen-bond donors (Lipinski definition) is 0. The van der Waals surface area contributed by atoms with Gasteiger partial charge in [0.15, 0.2) is 10.9 Å². The Morgan fingerprint density at radius 1 is 1.04 bits per heavy atom. The minimum absolute atomic E-state index is 0.0349. The number of fused-ring (bicyclic) bond motifs is 1. The van der Waals surface area contributed by atoms with Gasteiger partial charge in [-0.2, -0.15) is 0 Å². The maximum atomic E-state index is 12.9. The topological polar surface area (TPSA) is 52.0 Å². The Kier molecular flexibility index (Phi) is 5.28. The van der Waals surface area contributed by atoms with Crippen LogP contribution in [0.25, 0.3) is 10.9 Å². The number of Topliss-reactive ketones (excluding diaryl/α,β-unsaturated/α-hetero) is 1. The fourth-order valence-corrected chi connectivity index (χ4v) is 3.95. The molecule has 0 saturated heterocycles. The molecule has 134 valence electrons. The zero-order chi connectivity index (χ0) is 18.8. The maximum absolute atomic E-state index is 12.9. The Hall–Kier alpha value is -2.40. The molecule has 1 heterocycles. The summed E-state index contributed by atoms with van der Waals surface area (Å²) in [6.07, 6.45) is 0. The zero-order valence-electron chi connectivity index (χ0n) is 15.4. The highest BCUT2D eigenvalue weighted by atomic mass is 32.2. The molecule has 1 atom stereocenters. The summed E-state index contributed by atoms with van der Waals surface area (Å²) >= 11 is 1.34. The third-order valence-electron chi connectivity index (χ3n) is 4.28. The predicted molar refractivity (Wildman–Crippen MR) is 107 cm³/mol. The molecule has 0 spiro atoms. The number of benzene rings is 2. The van der Waals surface area contributed by atoms with Crippen LogP contribution in [0.3, 0.4) is 0 Å². The van der Waals surface area contributed by atoms with E-state index in [0.717, 1.165) is 5.56 Å². The van der Waals surface area contributed by atoms with Crippen LogP contribution < -0.4 is 5.56 Å². The van der Waals surface area contributed by atoms with Crippen molar-refractivity contribution in [2.75, 3.05) is 0 Å². The normalized spacial score (nSPS) is 12.5. The molecule has 1 aromatic heterocycles. The van der Waals surface area contributed by atoms with Crippen LogP contribution in [0.1, 0.15) is 42.7 Å². The number of ketones is 1. The van der Waals surface area contributed by atoms with Crippen molar-refractivity contribution in [3.05, 3.63) is 70.0 Å². The van der Waals surface area contributed by atoms with Crippen LogP contribution in [0.2, 0.25) is 0 Å². The van der Waals surface area contributed by atoms with Crippen molar-refractivity contribution in [2.24, 2.45) is 0 Å². The Labute approximate surface area is 157 Å². The van der Waals surface area contributed by atoms with Gasteiger partial charge in [0, 0.05) is 11.6 Å². The molecule has 0 aliphatic rings. The SMILES string of the molecule is Cc1ccc(C(=O)[C@@H](C)Sc2nc3ccccc3c(=O)n2C(C)C)cc1. The van der Waals surface area contributed by atoms with Gasteiger partial charge in [-0.05, 0) is 39.8 Å². The van der Waals surface area contributed by atoms with Crippen LogP contribution in [-0.2, 0) is 0 Å². The first-order valence-corrected chi connectivity index (χ1v) is 9.55. The number of thioether (sulfide) groups is 1. The molecule has 0 radical (unpaired) electrons. The van der Waals surface area contributed by atoms with Crippen LogP contribution in [0.4, 0.5) is 0 Å². The summed E-state index contributed by atoms with van der Waals surface area (Å²) in [5.74, 6) is 0.0349. The van der Waals surface area contributed by atoms with Crippen molar-refractivity contribution >= 4 is 28.4 Å². The molecule has 0 N–H and O–H groups in total. The molecule has 5 heteroatoms. The van der Waals surface area contributed by atoms with E-state index in [1.54, 1.807) is 10.6 Å². The average Bonchev–Trinajstić information content (AvgIpc) is 2.61. The van der Waals surface area contributed by atoms with Crippen LogP contribution in [-0.4, -0.2) is 20.6 Å². The first-order valence-electron chi connectivity index (χ1n) is 8.67. The van der Waals surface area contributed by atoms with Gasteiger partial charge >= 0.3 is 0 Å². The molecule has 0 aliphatic heterocycles. The summed E-state index contributed by atoms with van der Waals surface area (Å²) in [5, 5.41) is 0.843. The number of hydrogen-bond acceptors (Lipinski definition) is 4. The van der Waals surface area contributed by atoms with Crippen molar-refractivity contribution in [1.29, 1.82) is 0 Å². The van der Waals surface area contributed by atoms with Crippen LogP contribution in [0.15, 0.2) is 58.5 Å². The van der Waals surface area contributed by atoms with E-state index in [-0.39, 0.29) is 22.6 Å². The van der Waals surface area contributed by atoms with Crippen LogP contribution >= 0.6 is 11.8 Å². The number of aryl methyl sites for hydroxylation is 1. The highest BCUT2D eigenvalue weighted by Gasteiger charge is 2.21. The summed E-state index contributed by atoms with van der Waals surface area (Å²) in [5.41, 5.74) is 2.39. The standard InChI is InChI=1S/C21H22N2O2S/c1-13(2)23-20(25)17-7-5-6-8-18(17)22-21(23)26-15(4)19(24)16-11-9-14(3)10-12-16/h5-13,15H,1-4H3/t15-/m1/s1. The van der Waals surface area contributed by atoms with Crippen molar-refractivity contribution in [3.63, 3.8) is 0 Å². The van der Waals surface area contributed by atoms with E-state index in [2.05, 4.69) is 4.98 Å². The van der Waals surface area contributed by atoms with Gasteiger partial charge in [0.1, 0.15) is 0 Å². The molecule has 3 rings (SSSR count). The fraction of sp³-hybridized carbons (Fsp3) is 0.286. The van der Waals surface area contributed by atoms with Gasteiger partial charge in [0.05, 0.1) is 16.2 Å². The highest BCUT2D eigenvalue weighted by molar-refractivity contribution is 8.00. The summed E-state index contributed by atoms with van der Waals surface area (Å²) < 4.78 is 1.67. The van der Waals surface area contributed by atoms with E-state index in [4.69, 9.17) is 0 Å². The summed E-state index contributed by atoms with van der Waals surface area (Å²) in [4.78, 5) is 30.3. The highest BCUT2D eigenvalue weighted by Crippen LogP contribution is 2.26. The molecule has 26 heavy (non-hydrogen) atoms. The van der Waals surface area contributed by atoms with E-state index >= 15 is 0 Å². The second kappa shape index (κ2) is 7.46. The molecule has 0 fully saturated rings. The van der Waals surface area contributed by atoms with Gasteiger partial charge in [0.2, 0.25) is 0 Å². The summed E-state index contributed by atoms with van der Waals surface area (Å²) in [7, 11) is 0. The Morgan fingerprint density at radius 2 is 1.69 bits per heavy atom. The minimum Gasteiger partial charge on any atom is -0.293 e. The molecular weight excluding hydrogens is 344 g/mol. The van der Waals surface area contributed by atoms with Gasteiger partial charge in [0.25, 0.3) is 5.56 Å². The smallest absolute Gasteiger partial charge is 0.262 e. The molecule has 0 amide bonds. The van der Waals surface area contributed by atoms with Gasteiger partial charge in [-0.15, -0.1) is 0 Å². The molecular formula is C21H22N2O2S. The first-order chi connectivity index (χ1) is 12.4. The van der Waals surface area contributed by atoms with E-state index in [1.807, 2.05) is 70.2 Å². The van der Waals surface area contributed by atoms with E-state index in [9.17, 15) is 9.59 Å². The predicted octanol–water partition coefficient (Wildman–Crippen LogP) is 4.65. The Balaban J connectivity index is 1.99. The largest absolute Gasteiger partial charge is 0.293 e. The molecule has 3 aromatic rings. The number of rotatable bonds is 5. The molecule has 0 bridgehead atoms. The second-order valence-corrected chi connectivity index (χ2v) is 7.98. The molecule has 2 aromatic carbocycles. The van der Waals surface area contributed by atoms with Gasteiger partial charge in [-0.3, -0.25) is 14.2 Å². The lowest BCUT2D eigenvalue weighted by Crippen LogP contribution is -2.26. The third-order valence-corrected chi connectivity index (χ3v) is 5.35. The van der Waals surface area contributed by atoms with Gasteiger partial charge < -0.3 is 0 Å². The lowest BCUT2D eigenvalue weighted by Gasteiger charge is -2.18. The fourth-order valence-electron chi connectivity index (χ4n) is 2.83. The number of para-hydroxylation sites is 1. The summed E-state index contributed by atoms with van der Waals surface area (Å²) in [6, 6.07) is 14.8. The lowest BCUT2D eigenvalue weighted by molar-refractivity contribution is 0.0994. The second-order valence-electron chi connectivity index (χ2n) is 6.67. The van der Waals surface area contributed by atoms with Crippen LogP contribution in [0, 0.1) is 6.92 Å². The zero-order valence-corrected chi connectivity index (χ0v) is 16.2. The number of nitrogens with zero attached hydrogens (tertiary/aromatic N) is 2. The van der Waals surface area contributed by atoms with E-state index in [0.29, 0.717) is 21.6 Å². The quantitative estimate of drug-likeness (QED) is 0.375. The number of carbonyl (C=O) groups is 1. The average molecular weight is 366 g/mol. The van der Waals surface area contributed by atoms with Crippen molar-refractivity contribution in [2.45, 2.75) is 44.1 Å². The molecule has 4 nitrogen and oxygen atoms in total. The van der Waals surface area contributed by atoms with Crippen molar-refractivity contribution < 1.29 is 4.79 Å². The molecule has 0 unspecified atom stereocenters. The number of carbonyl (C=O) groups excluding carboxylic acids is 1. The summed E-state index contributed by atoms with van der Waals surface area (Å²) in [6.45, 7) is 7.76. The number of aromatic nitrogens is 2. The molecule has 0 saturated carbocycles. The van der Waals surface area contributed by atoms with Gasteiger partial charge in [-0.25, -0.2) is 4.98 Å². The Morgan fingerprint density at radius 3 is 2.35 bits per heavy atom. The van der Waals surface area contributed by atoms with Crippen LogP contribution in [0.5, 0.6) is 0 Å².